The van der Waals surface area contributed by atoms with Crippen molar-refractivity contribution in [1.29, 1.82) is 0 Å². The van der Waals surface area contributed by atoms with Crippen LogP contribution in [0.1, 0.15) is 56.5 Å². The van der Waals surface area contributed by atoms with Gasteiger partial charge in [0, 0.05) is 42.6 Å². The molecule has 2 saturated heterocycles. The van der Waals surface area contributed by atoms with Gasteiger partial charge in [-0.1, -0.05) is 45.9 Å². The highest BCUT2D eigenvalue weighted by atomic mass is 16.1. The molecule has 2 aliphatic rings. The number of benzene rings is 1. The van der Waals surface area contributed by atoms with Crippen molar-refractivity contribution < 1.29 is 9.59 Å². The van der Waals surface area contributed by atoms with E-state index >= 15 is 0 Å². The maximum atomic E-state index is 12.2. The van der Waals surface area contributed by atoms with E-state index in [9.17, 15) is 9.59 Å². The second-order valence-electron chi connectivity index (χ2n) is 8.91. The molecule has 148 valence electrons. The van der Waals surface area contributed by atoms with E-state index in [1.165, 1.54) is 12.0 Å². The van der Waals surface area contributed by atoms with Crippen molar-refractivity contribution in [3.05, 3.63) is 35.4 Å². The molecule has 0 aliphatic carbocycles. The van der Waals surface area contributed by atoms with Gasteiger partial charge in [0.25, 0.3) is 0 Å². The summed E-state index contributed by atoms with van der Waals surface area (Å²) in [5.74, 6) is 0.777. The predicted molar refractivity (Wildman–Crippen MR) is 109 cm³/mol. The van der Waals surface area contributed by atoms with E-state index < -0.39 is 0 Å². The van der Waals surface area contributed by atoms with Crippen molar-refractivity contribution in [2.45, 2.75) is 59.0 Å². The fourth-order valence-corrected chi connectivity index (χ4v) is 4.38. The van der Waals surface area contributed by atoms with Crippen LogP contribution in [-0.4, -0.2) is 59.6 Å². The van der Waals surface area contributed by atoms with E-state index in [0.29, 0.717) is 24.4 Å². The zero-order valence-electron chi connectivity index (χ0n) is 17.3. The van der Waals surface area contributed by atoms with Crippen molar-refractivity contribution in [2.24, 2.45) is 11.8 Å². The Hall–Kier alpha value is -1.52. The topological polar surface area (TPSA) is 40.6 Å². The lowest BCUT2D eigenvalue weighted by molar-refractivity contribution is -0.123. The molecule has 2 fully saturated rings. The monoisotopic (exact) mass is 370 g/mol. The maximum Gasteiger partial charge on any atom is 0.165 e. The number of Topliss-reactive ketones (excluding diaryl/α,β-unsaturated/α-hetero) is 2. The molecule has 0 radical (unpaired) electrons. The van der Waals surface area contributed by atoms with E-state index in [-0.39, 0.29) is 17.6 Å². The second-order valence-corrected chi connectivity index (χ2v) is 8.91. The molecule has 0 spiro atoms. The molecule has 0 aromatic heterocycles. The Kier molecular flexibility index (Phi) is 6.48. The smallest absolute Gasteiger partial charge is 0.165 e. The zero-order valence-corrected chi connectivity index (χ0v) is 17.3. The lowest BCUT2D eigenvalue weighted by Crippen LogP contribution is -2.48. The number of fused-ring (bicyclic) bond motifs is 2. The average Bonchev–Trinajstić information content (AvgIpc) is 3.21. The van der Waals surface area contributed by atoms with Gasteiger partial charge in [-0.15, -0.1) is 0 Å². The largest absolute Gasteiger partial charge is 0.298 e. The van der Waals surface area contributed by atoms with Gasteiger partial charge in [-0.3, -0.25) is 19.4 Å². The minimum Gasteiger partial charge on any atom is -0.298 e. The van der Waals surface area contributed by atoms with E-state index in [0.717, 1.165) is 38.0 Å². The molecule has 4 heteroatoms. The molecular formula is C23H34N2O2. The molecule has 27 heavy (non-hydrogen) atoms. The highest BCUT2D eigenvalue weighted by Gasteiger charge is 2.43. The summed E-state index contributed by atoms with van der Waals surface area (Å²) in [5.41, 5.74) is 2.10. The molecule has 0 amide bonds. The Morgan fingerprint density at radius 1 is 1.04 bits per heavy atom. The van der Waals surface area contributed by atoms with Gasteiger partial charge in [0.1, 0.15) is 5.78 Å². The number of carbonyl (C=O) groups excluding carboxylic acids is 2. The van der Waals surface area contributed by atoms with Crippen LogP contribution in [0.5, 0.6) is 0 Å². The Bertz CT molecular complexity index is 683. The molecule has 0 N–H and O–H groups in total. The van der Waals surface area contributed by atoms with Crippen molar-refractivity contribution in [1.82, 2.24) is 9.80 Å². The number of hydrogen-bond donors (Lipinski definition) is 0. The van der Waals surface area contributed by atoms with Gasteiger partial charge in [0.05, 0.1) is 6.54 Å². The van der Waals surface area contributed by atoms with Crippen LogP contribution in [0, 0.1) is 11.8 Å². The van der Waals surface area contributed by atoms with Gasteiger partial charge in [0.15, 0.2) is 5.78 Å². The van der Waals surface area contributed by atoms with Crippen LogP contribution in [0.15, 0.2) is 24.3 Å². The lowest BCUT2D eigenvalue weighted by Gasteiger charge is -2.34. The summed E-state index contributed by atoms with van der Waals surface area (Å²) in [4.78, 5) is 29.2. The molecule has 3 rings (SSSR count). The number of ketones is 2. The summed E-state index contributed by atoms with van der Waals surface area (Å²) in [5, 5.41) is 0. The molecule has 2 heterocycles. The van der Waals surface area contributed by atoms with Crippen molar-refractivity contribution in [2.75, 3.05) is 26.2 Å². The summed E-state index contributed by atoms with van der Waals surface area (Å²) in [6, 6.07) is 9.31. The zero-order chi connectivity index (χ0) is 19.6. The van der Waals surface area contributed by atoms with E-state index in [1.54, 1.807) is 0 Å². The number of piperazine rings is 1. The number of nitrogens with zero attached hydrogens (tertiary/aromatic N) is 2. The van der Waals surface area contributed by atoms with Gasteiger partial charge in [-0.2, -0.15) is 0 Å². The van der Waals surface area contributed by atoms with E-state index in [4.69, 9.17) is 0 Å². The van der Waals surface area contributed by atoms with Crippen molar-refractivity contribution >= 4 is 11.6 Å². The summed E-state index contributed by atoms with van der Waals surface area (Å²) in [6.45, 7) is 11.8. The molecule has 4 nitrogen and oxygen atoms in total. The van der Waals surface area contributed by atoms with Crippen LogP contribution in [0.3, 0.4) is 0 Å². The number of carbonyl (C=O) groups is 2. The number of aryl methyl sites for hydroxylation is 1. The summed E-state index contributed by atoms with van der Waals surface area (Å²) in [6.07, 6.45) is 3.35. The standard InChI is InChI=1S/C23H34N2O2/c1-16(2)22(26)15-25-14-20-12-21(25)13-24(20)10-6-8-18-7-5-9-19(11-18)23(27)17(3)4/h5,7,9,11,16-17,20-21H,6,8,10,12-15H2,1-4H3/t20-,21-/m0/s1. The Morgan fingerprint density at radius 2 is 1.74 bits per heavy atom. The number of hydrogen-bond acceptors (Lipinski definition) is 4. The van der Waals surface area contributed by atoms with E-state index in [1.807, 2.05) is 39.8 Å². The first-order valence-corrected chi connectivity index (χ1v) is 10.5. The molecule has 2 aliphatic heterocycles. The van der Waals surface area contributed by atoms with Gasteiger partial charge >= 0.3 is 0 Å². The first-order valence-electron chi connectivity index (χ1n) is 10.5. The fourth-order valence-electron chi connectivity index (χ4n) is 4.38. The Labute approximate surface area is 163 Å². The van der Waals surface area contributed by atoms with Gasteiger partial charge < -0.3 is 0 Å². The average molecular weight is 371 g/mol. The highest BCUT2D eigenvalue weighted by Crippen LogP contribution is 2.30. The van der Waals surface area contributed by atoms with Crippen LogP contribution in [0.25, 0.3) is 0 Å². The van der Waals surface area contributed by atoms with Gasteiger partial charge in [-0.05, 0) is 37.4 Å². The third kappa shape index (κ3) is 4.85. The Balaban J connectivity index is 1.45. The van der Waals surface area contributed by atoms with Gasteiger partial charge in [-0.25, -0.2) is 0 Å². The minimum atomic E-state index is 0.0472. The van der Waals surface area contributed by atoms with Crippen molar-refractivity contribution in [3.8, 4) is 0 Å². The maximum absolute atomic E-state index is 12.2. The fraction of sp³-hybridized carbons (Fsp3) is 0.652. The van der Waals surface area contributed by atoms with E-state index in [2.05, 4.69) is 21.9 Å². The normalized spacial score (nSPS) is 22.9. The third-order valence-corrected chi connectivity index (χ3v) is 6.12. The quantitative estimate of drug-likeness (QED) is 0.625. The summed E-state index contributed by atoms with van der Waals surface area (Å²) < 4.78 is 0. The van der Waals surface area contributed by atoms with Crippen LogP contribution in [0.4, 0.5) is 0 Å². The molecule has 2 bridgehead atoms. The predicted octanol–water partition coefficient (Wildman–Crippen LogP) is 3.44. The first-order chi connectivity index (χ1) is 12.8. The molecule has 2 atom stereocenters. The molecule has 0 saturated carbocycles. The molecule has 1 aromatic carbocycles. The van der Waals surface area contributed by atoms with Gasteiger partial charge in [0.2, 0.25) is 0 Å². The lowest BCUT2D eigenvalue weighted by atomic mass is 9.98. The second kappa shape index (κ2) is 8.66. The van der Waals surface area contributed by atoms with Crippen LogP contribution in [-0.2, 0) is 11.2 Å². The van der Waals surface area contributed by atoms with Crippen LogP contribution >= 0.6 is 0 Å². The van der Waals surface area contributed by atoms with Crippen LogP contribution in [0.2, 0.25) is 0 Å². The summed E-state index contributed by atoms with van der Waals surface area (Å²) >= 11 is 0. The molecule has 1 aromatic rings. The Morgan fingerprint density at radius 3 is 2.37 bits per heavy atom. The SMILES string of the molecule is CC(C)C(=O)CN1C[C@@H]2C[C@H]1CN2CCCc1cccc(C(=O)C(C)C)c1. The minimum absolute atomic E-state index is 0.0472. The van der Waals surface area contributed by atoms with Crippen LogP contribution < -0.4 is 0 Å². The molecule has 0 unspecified atom stereocenters. The first kappa shape index (κ1) is 20.2. The number of likely N-dealkylation sites (tertiary alicyclic amines) is 2. The highest BCUT2D eigenvalue weighted by molar-refractivity contribution is 5.97. The number of rotatable bonds is 9. The molecular weight excluding hydrogens is 336 g/mol. The van der Waals surface area contributed by atoms with Crippen molar-refractivity contribution in [3.63, 3.8) is 0 Å². The summed E-state index contributed by atoms with van der Waals surface area (Å²) in [7, 11) is 0. The third-order valence-electron chi connectivity index (χ3n) is 6.12.